The van der Waals surface area contributed by atoms with Crippen molar-refractivity contribution in [1.82, 2.24) is 0 Å². The number of nitrogens with two attached hydrogens (primary N) is 1. The number of rotatable bonds is 2. The largest absolute Gasteiger partial charge is 0.384 e. The molecule has 0 aromatic heterocycles. The number of nitrogens with one attached hydrogen (secondary N) is 1. The fraction of sp³-hybridized carbons (Fsp3) is 0.364. The number of hydrogen-bond donors (Lipinski definition) is 2. The van der Waals surface area contributed by atoms with Crippen molar-refractivity contribution in [2.75, 3.05) is 29.5 Å². The molecule has 0 radical (unpaired) electrons. The van der Waals surface area contributed by atoms with Gasteiger partial charge in [-0.2, -0.15) is 0 Å². The van der Waals surface area contributed by atoms with Crippen molar-refractivity contribution < 1.29 is 13.0 Å². The number of halogens is 2. The van der Waals surface area contributed by atoms with Crippen molar-refractivity contribution in [3.05, 3.63) is 29.3 Å². The van der Waals surface area contributed by atoms with Crippen molar-refractivity contribution in [3.8, 4) is 0 Å². The van der Waals surface area contributed by atoms with E-state index in [-0.39, 0.29) is 17.1 Å². The van der Waals surface area contributed by atoms with E-state index in [2.05, 4.69) is 0 Å². The van der Waals surface area contributed by atoms with Gasteiger partial charge in [-0.1, -0.05) is 0 Å². The molecule has 0 spiro atoms. The summed E-state index contributed by atoms with van der Waals surface area (Å²) in [5.41, 5.74) is 5.09. The zero-order chi connectivity index (χ0) is 13.3. The van der Waals surface area contributed by atoms with E-state index in [1.54, 1.807) is 0 Å². The molecule has 98 valence electrons. The van der Waals surface area contributed by atoms with Gasteiger partial charge in [0.1, 0.15) is 23.2 Å². The van der Waals surface area contributed by atoms with Crippen LogP contribution in [0.1, 0.15) is 5.56 Å². The van der Waals surface area contributed by atoms with E-state index in [4.69, 9.17) is 11.1 Å². The van der Waals surface area contributed by atoms with Crippen molar-refractivity contribution in [2.45, 2.75) is 0 Å². The van der Waals surface area contributed by atoms with Crippen LogP contribution in [0.3, 0.4) is 0 Å². The summed E-state index contributed by atoms with van der Waals surface area (Å²) in [5, 5.41) is 7.16. The summed E-state index contributed by atoms with van der Waals surface area (Å²) < 4.78 is 38.9. The van der Waals surface area contributed by atoms with E-state index < -0.39 is 22.4 Å². The molecule has 4 nitrogen and oxygen atoms in total. The van der Waals surface area contributed by atoms with Gasteiger partial charge in [0, 0.05) is 41.0 Å². The third kappa shape index (κ3) is 2.50. The Kier molecular flexibility index (Phi) is 3.60. The number of benzene rings is 1. The molecule has 1 fully saturated rings. The van der Waals surface area contributed by atoms with E-state index in [9.17, 15) is 13.0 Å². The highest BCUT2D eigenvalue weighted by Crippen LogP contribution is 2.25. The van der Waals surface area contributed by atoms with Gasteiger partial charge >= 0.3 is 0 Å². The molecule has 3 N–H and O–H groups in total. The average molecular weight is 273 g/mol. The van der Waals surface area contributed by atoms with Gasteiger partial charge in [-0.15, -0.1) is 0 Å². The highest BCUT2D eigenvalue weighted by Gasteiger charge is 2.22. The van der Waals surface area contributed by atoms with Crippen LogP contribution in [0.25, 0.3) is 0 Å². The first kappa shape index (κ1) is 12.9. The van der Waals surface area contributed by atoms with Crippen LogP contribution >= 0.6 is 0 Å². The number of nitrogens with zero attached hydrogens (tertiary/aromatic N) is 1. The van der Waals surface area contributed by atoms with Crippen LogP contribution in [0, 0.1) is 17.0 Å². The lowest BCUT2D eigenvalue weighted by atomic mass is 10.1. The molecule has 7 heteroatoms. The minimum Gasteiger partial charge on any atom is -0.384 e. The van der Waals surface area contributed by atoms with Crippen LogP contribution in [0.5, 0.6) is 0 Å². The summed E-state index contributed by atoms with van der Waals surface area (Å²) in [6.07, 6.45) is 0. The minimum absolute atomic E-state index is 0.0225. The van der Waals surface area contributed by atoms with Crippen LogP contribution in [-0.2, 0) is 10.8 Å². The molecule has 1 heterocycles. The molecule has 18 heavy (non-hydrogen) atoms. The van der Waals surface area contributed by atoms with Crippen molar-refractivity contribution in [1.29, 1.82) is 5.41 Å². The number of anilines is 1. The topological polar surface area (TPSA) is 70.2 Å². The smallest absolute Gasteiger partial charge is 0.150 e. The second-order valence-electron chi connectivity index (χ2n) is 4.04. The Morgan fingerprint density at radius 3 is 2.22 bits per heavy atom. The van der Waals surface area contributed by atoms with Crippen LogP contribution in [0.4, 0.5) is 14.5 Å². The Morgan fingerprint density at radius 2 is 1.78 bits per heavy atom. The van der Waals surface area contributed by atoms with Gasteiger partial charge in [0.15, 0.2) is 0 Å². The SMILES string of the molecule is N=C(N)c1cc(F)c(N2CCS(=O)CC2)c(F)c1. The van der Waals surface area contributed by atoms with Crippen LogP contribution in [0.15, 0.2) is 12.1 Å². The third-order valence-electron chi connectivity index (χ3n) is 2.82. The first-order valence-electron chi connectivity index (χ1n) is 5.42. The predicted molar refractivity (Wildman–Crippen MR) is 67.5 cm³/mol. The molecule has 1 aliphatic rings. The molecule has 1 aromatic carbocycles. The quantitative estimate of drug-likeness (QED) is 0.619. The van der Waals surface area contributed by atoms with E-state index >= 15 is 0 Å². The normalized spacial score (nSPS) is 16.9. The Morgan fingerprint density at radius 1 is 1.28 bits per heavy atom. The zero-order valence-electron chi connectivity index (χ0n) is 9.58. The maximum atomic E-state index is 13.8. The standard InChI is InChI=1S/C11H13F2N3OS/c12-8-5-7(11(14)15)6-9(13)10(8)16-1-3-18(17)4-2-16/h5-6H,1-4H2,(H3,14,15). The molecule has 0 amide bonds. The van der Waals surface area contributed by atoms with Gasteiger partial charge in [0.05, 0.1) is 0 Å². The van der Waals surface area contributed by atoms with Gasteiger partial charge in [-0.25, -0.2) is 8.78 Å². The molecule has 2 rings (SSSR count). The molecule has 1 aliphatic heterocycles. The fourth-order valence-corrected chi connectivity index (χ4v) is 2.94. The van der Waals surface area contributed by atoms with Crippen molar-refractivity contribution in [3.63, 3.8) is 0 Å². The summed E-state index contributed by atoms with van der Waals surface area (Å²) >= 11 is 0. The van der Waals surface area contributed by atoms with E-state index in [1.807, 2.05) is 0 Å². The average Bonchev–Trinajstić information content (AvgIpc) is 2.30. The first-order valence-corrected chi connectivity index (χ1v) is 6.91. The lowest BCUT2D eigenvalue weighted by Gasteiger charge is -2.29. The summed E-state index contributed by atoms with van der Waals surface area (Å²) in [6.45, 7) is 0.722. The first-order chi connectivity index (χ1) is 8.49. The predicted octanol–water partition coefficient (Wildman–Crippen LogP) is 0.818. The van der Waals surface area contributed by atoms with Gasteiger partial charge in [0.25, 0.3) is 0 Å². The lowest BCUT2D eigenvalue weighted by molar-refractivity contribution is 0.571. The second-order valence-corrected chi connectivity index (χ2v) is 5.73. The monoisotopic (exact) mass is 273 g/mol. The zero-order valence-corrected chi connectivity index (χ0v) is 10.4. The van der Waals surface area contributed by atoms with E-state index in [0.717, 1.165) is 12.1 Å². The lowest BCUT2D eigenvalue weighted by Crippen LogP contribution is -2.38. The molecule has 1 saturated heterocycles. The summed E-state index contributed by atoms with van der Waals surface area (Å²) in [4.78, 5) is 1.54. The number of hydrogen-bond acceptors (Lipinski definition) is 3. The second kappa shape index (κ2) is 5.01. The molecular weight excluding hydrogens is 260 g/mol. The van der Waals surface area contributed by atoms with Crippen molar-refractivity contribution >= 4 is 22.3 Å². The van der Waals surface area contributed by atoms with Crippen LogP contribution < -0.4 is 10.6 Å². The van der Waals surface area contributed by atoms with Crippen LogP contribution in [0.2, 0.25) is 0 Å². The Bertz CT molecular complexity index is 488. The van der Waals surface area contributed by atoms with Gasteiger partial charge in [0.2, 0.25) is 0 Å². The number of nitrogen functional groups attached to an aromatic ring is 1. The minimum atomic E-state index is -0.900. The van der Waals surface area contributed by atoms with Gasteiger partial charge in [-0.05, 0) is 12.1 Å². The maximum absolute atomic E-state index is 13.8. The van der Waals surface area contributed by atoms with E-state index in [1.165, 1.54) is 4.90 Å². The molecule has 0 bridgehead atoms. The maximum Gasteiger partial charge on any atom is 0.150 e. The molecule has 0 unspecified atom stereocenters. The third-order valence-corrected chi connectivity index (χ3v) is 4.10. The Balaban J connectivity index is 2.33. The Hall–Kier alpha value is -1.50. The summed E-state index contributed by atoms with van der Waals surface area (Å²) in [6, 6.07) is 2.10. The molecule has 0 saturated carbocycles. The Labute approximate surface area is 106 Å². The van der Waals surface area contributed by atoms with E-state index in [0.29, 0.717) is 24.6 Å². The highest BCUT2D eigenvalue weighted by molar-refractivity contribution is 7.85. The summed E-state index contributed by atoms with van der Waals surface area (Å²) in [7, 11) is -0.900. The van der Waals surface area contributed by atoms with Crippen LogP contribution in [-0.4, -0.2) is 34.6 Å². The summed E-state index contributed by atoms with van der Waals surface area (Å²) in [5.74, 6) is -1.04. The van der Waals surface area contributed by atoms with Crippen molar-refractivity contribution in [2.24, 2.45) is 5.73 Å². The fourth-order valence-electron chi connectivity index (χ4n) is 1.88. The van der Waals surface area contributed by atoms with Gasteiger partial charge in [-0.3, -0.25) is 9.62 Å². The number of amidine groups is 1. The van der Waals surface area contributed by atoms with Gasteiger partial charge < -0.3 is 10.6 Å². The molecular formula is C11H13F2N3OS. The molecule has 0 atom stereocenters. The highest BCUT2D eigenvalue weighted by atomic mass is 32.2. The molecule has 0 aliphatic carbocycles. The molecule has 1 aromatic rings.